The number of amides is 1. The van der Waals surface area contributed by atoms with Gasteiger partial charge in [0.25, 0.3) is 15.9 Å². The Balaban J connectivity index is 1.77. The average Bonchev–Trinajstić information content (AvgIpc) is 3.25. The smallest absolute Gasteiger partial charge is 0.289 e. The minimum absolute atomic E-state index is 0.0143. The van der Waals surface area contributed by atoms with E-state index >= 15 is 0 Å². The van der Waals surface area contributed by atoms with Gasteiger partial charge < -0.3 is 9.32 Å². The number of hydrogen-bond acceptors (Lipinski definition) is 4. The Morgan fingerprint density at radius 3 is 1.81 bits per heavy atom. The third kappa shape index (κ3) is 6.80. The highest BCUT2D eigenvalue weighted by Crippen LogP contribution is 2.18. The predicted molar refractivity (Wildman–Crippen MR) is 125 cm³/mol. The Labute approximate surface area is 190 Å². The van der Waals surface area contributed by atoms with Crippen molar-refractivity contribution in [3.8, 4) is 0 Å². The lowest BCUT2D eigenvalue weighted by Gasteiger charge is -2.22. The number of nitrogens with zero attached hydrogens (tertiary/aromatic N) is 1. The van der Waals surface area contributed by atoms with Gasteiger partial charge in [-0.15, -0.1) is 0 Å². The van der Waals surface area contributed by atoms with Gasteiger partial charge in [0.2, 0.25) is 5.09 Å². The Morgan fingerprint density at radius 1 is 0.844 bits per heavy atom. The molecule has 1 aromatic heterocycles. The third-order valence-corrected chi connectivity index (χ3v) is 6.44. The summed E-state index contributed by atoms with van der Waals surface area (Å²) in [6.07, 6.45) is 1.39. The van der Waals surface area contributed by atoms with Crippen molar-refractivity contribution in [3.63, 3.8) is 0 Å². The lowest BCUT2D eigenvalue weighted by Crippen LogP contribution is -2.40. The molecule has 0 radical (unpaired) electrons. The fourth-order valence-electron chi connectivity index (χ4n) is 3.32. The number of carbonyl (C=O) groups is 1. The van der Waals surface area contributed by atoms with Crippen LogP contribution in [0.4, 0.5) is 0 Å². The summed E-state index contributed by atoms with van der Waals surface area (Å²) in [6, 6.07) is 22.6. The molecule has 0 atom stereocenters. The molecule has 0 aliphatic heterocycles. The summed E-state index contributed by atoms with van der Waals surface area (Å²) in [5.74, 6) is -0.311. The van der Waals surface area contributed by atoms with Crippen LogP contribution >= 0.6 is 0 Å². The summed E-state index contributed by atoms with van der Waals surface area (Å²) >= 11 is 0. The highest BCUT2D eigenvalue weighted by atomic mass is 32.2. The van der Waals surface area contributed by atoms with Gasteiger partial charge in [-0.05, 0) is 56.9 Å². The van der Waals surface area contributed by atoms with Crippen LogP contribution in [0, 0.1) is 0 Å². The number of hydrogen-bond donors (Lipinski definition) is 1. The molecule has 0 saturated carbocycles. The maximum absolute atomic E-state index is 13.2. The zero-order valence-corrected chi connectivity index (χ0v) is 19.6. The van der Waals surface area contributed by atoms with Gasteiger partial charge in [-0.2, -0.15) is 0 Å². The number of nitrogens with one attached hydrogen (secondary N) is 1. The van der Waals surface area contributed by atoms with E-state index in [4.69, 9.17) is 4.42 Å². The van der Waals surface area contributed by atoms with Crippen LogP contribution < -0.4 is 4.72 Å². The van der Waals surface area contributed by atoms with Crippen LogP contribution in [0.15, 0.2) is 82.3 Å². The van der Waals surface area contributed by atoms with E-state index in [2.05, 4.69) is 4.72 Å². The summed E-state index contributed by atoms with van der Waals surface area (Å²) in [7, 11) is -3.85. The molecule has 6 nitrogen and oxygen atoms in total. The van der Waals surface area contributed by atoms with Crippen LogP contribution in [0.3, 0.4) is 0 Å². The SMILES string of the molecule is CC(C)(C)NS(=O)(=O)c1ccc(C(=O)N(CCc2ccccc2)CCc2ccccc2)o1. The molecule has 0 saturated heterocycles. The monoisotopic (exact) mass is 454 g/mol. The van der Waals surface area contributed by atoms with E-state index in [1.807, 2.05) is 60.7 Å². The molecule has 1 heterocycles. The van der Waals surface area contributed by atoms with E-state index in [0.717, 1.165) is 11.1 Å². The van der Waals surface area contributed by atoms with Crippen molar-refractivity contribution in [3.05, 3.63) is 89.7 Å². The topological polar surface area (TPSA) is 79.6 Å². The highest BCUT2D eigenvalue weighted by molar-refractivity contribution is 7.89. The fourth-order valence-corrected chi connectivity index (χ4v) is 4.67. The first-order valence-corrected chi connectivity index (χ1v) is 12.1. The number of carbonyl (C=O) groups excluding carboxylic acids is 1. The van der Waals surface area contributed by atoms with Crippen LogP contribution in [0.25, 0.3) is 0 Å². The average molecular weight is 455 g/mol. The molecule has 1 N–H and O–H groups in total. The molecule has 0 unspecified atom stereocenters. The maximum atomic E-state index is 13.2. The molecule has 170 valence electrons. The molecule has 0 bridgehead atoms. The molecule has 3 rings (SSSR count). The summed E-state index contributed by atoms with van der Waals surface area (Å²) in [5.41, 5.74) is 1.59. The van der Waals surface area contributed by atoms with E-state index in [1.165, 1.54) is 12.1 Å². The van der Waals surface area contributed by atoms with Gasteiger partial charge in [-0.3, -0.25) is 4.79 Å². The van der Waals surface area contributed by atoms with Crippen LogP contribution in [-0.2, 0) is 22.9 Å². The largest absolute Gasteiger partial charge is 0.438 e. The Kier molecular flexibility index (Phi) is 7.53. The number of rotatable bonds is 9. The van der Waals surface area contributed by atoms with E-state index in [9.17, 15) is 13.2 Å². The van der Waals surface area contributed by atoms with Gasteiger partial charge in [-0.25, -0.2) is 13.1 Å². The van der Waals surface area contributed by atoms with E-state index in [1.54, 1.807) is 25.7 Å². The number of furan rings is 1. The summed E-state index contributed by atoms with van der Waals surface area (Å²) < 4.78 is 33.1. The van der Waals surface area contributed by atoms with Gasteiger partial charge >= 0.3 is 0 Å². The van der Waals surface area contributed by atoms with Crippen molar-refractivity contribution in [2.45, 2.75) is 44.2 Å². The second-order valence-electron chi connectivity index (χ2n) is 8.74. The van der Waals surface area contributed by atoms with Gasteiger partial charge in [0.1, 0.15) is 0 Å². The van der Waals surface area contributed by atoms with Crippen LogP contribution in [0.1, 0.15) is 42.5 Å². The highest BCUT2D eigenvalue weighted by Gasteiger charge is 2.27. The zero-order valence-electron chi connectivity index (χ0n) is 18.7. The molecule has 3 aromatic rings. The van der Waals surface area contributed by atoms with Crippen LogP contribution in [0.2, 0.25) is 0 Å². The first kappa shape index (κ1) is 23.8. The minimum atomic E-state index is -3.85. The van der Waals surface area contributed by atoms with Crippen LogP contribution in [-0.4, -0.2) is 37.9 Å². The lowest BCUT2D eigenvalue weighted by atomic mass is 10.1. The molecule has 32 heavy (non-hydrogen) atoms. The molecule has 0 aliphatic rings. The number of sulfonamides is 1. The molecular weight excluding hydrogens is 424 g/mol. The molecule has 2 aromatic carbocycles. The standard InChI is InChI=1S/C25H30N2O4S/c1-25(2,3)26-32(29,30)23-15-14-22(31-23)24(28)27(18-16-20-10-6-4-7-11-20)19-17-21-12-8-5-9-13-21/h4-15,26H,16-19H2,1-3H3. The molecule has 0 spiro atoms. The quantitative estimate of drug-likeness (QED) is 0.523. The first-order valence-electron chi connectivity index (χ1n) is 10.6. The van der Waals surface area contributed by atoms with Crippen molar-refractivity contribution < 1.29 is 17.6 Å². The van der Waals surface area contributed by atoms with Gasteiger partial charge in [0.15, 0.2) is 5.76 Å². The second-order valence-corrected chi connectivity index (χ2v) is 10.4. The van der Waals surface area contributed by atoms with Gasteiger partial charge in [0.05, 0.1) is 0 Å². The van der Waals surface area contributed by atoms with Crippen molar-refractivity contribution in [1.29, 1.82) is 0 Å². The molecule has 1 amide bonds. The Morgan fingerprint density at radius 2 is 1.34 bits per heavy atom. The summed E-state index contributed by atoms with van der Waals surface area (Å²) in [6.45, 7) is 6.23. The summed E-state index contributed by atoms with van der Waals surface area (Å²) in [4.78, 5) is 14.9. The Bertz CT molecular complexity index is 1070. The van der Waals surface area contributed by atoms with Gasteiger partial charge in [-0.1, -0.05) is 60.7 Å². The summed E-state index contributed by atoms with van der Waals surface area (Å²) in [5, 5.41) is -0.262. The normalized spacial score (nSPS) is 12.0. The zero-order chi connectivity index (χ0) is 23.2. The molecule has 0 fully saturated rings. The molecule has 7 heteroatoms. The van der Waals surface area contributed by atoms with Crippen LogP contribution in [0.5, 0.6) is 0 Å². The second kappa shape index (κ2) is 10.1. The molecule has 0 aliphatic carbocycles. The minimum Gasteiger partial charge on any atom is -0.438 e. The fraction of sp³-hybridized carbons (Fsp3) is 0.320. The molecular formula is C25H30N2O4S. The lowest BCUT2D eigenvalue weighted by molar-refractivity contribution is 0.0721. The predicted octanol–water partition coefficient (Wildman–Crippen LogP) is 4.28. The number of benzene rings is 2. The Hall–Kier alpha value is -2.90. The first-order chi connectivity index (χ1) is 15.1. The van der Waals surface area contributed by atoms with Crippen molar-refractivity contribution in [2.24, 2.45) is 0 Å². The van der Waals surface area contributed by atoms with Gasteiger partial charge in [0, 0.05) is 18.6 Å². The van der Waals surface area contributed by atoms with E-state index < -0.39 is 15.6 Å². The maximum Gasteiger partial charge on any atom is 0.289 e. The van der Waals surface area contributed by atoms with E-state index in [0.29, 0.717) is 25.9 Å². The third-order valence-electron chi connectivity index (χ3n) is 4.81. The van der Waals surface area contributed by atoms with Crippen molar-refractivity contribution in [1.82, 2.24) is 9.62 Å². The van der Waals surface area contributed by atoms with Crippen molar-refractivity contribution in [2.75, 3.05) is 13.1 Å². The van der Waals surface area contributed by atoms with E-state index in [-0.39, 0.29) is 16.8 Å². The van der Waals surface area contributed by atoms with Crippen molar-refractivity contribution >= 4 is 15.9 Å².